The molecular weight excluding hydrogens is 226 g/mol. The number of nitrogens with one attached hydrogen (secondary N) is 1. The number of aromatic hydroxyl groups is 1. The van der Waals surface area contributed by atoms with Crippen molar-refractivity contribution >= 4 is 17.6 Å². The van der Waals surface area contributed by atoms with Crippen LogP contribution in [0.25, 0.3) is 0 Å². The minimum atomic E-state index is -0.997. The first-order valence-corrected chi connectivity index (χ1v) is 4.93. The zero-order valence-corrected chi connectivity index (χ0v) is 9.52. The molecule has 0 spiro atoms. The van der Waals surface area contributed by atoms with E-state index in [1.807, 2.05) is 0 Å². The molecule has 6 heteroatoms. The monoisotopic (exact) mass is 239 g/mol. The highest BCUT2D eigenvalue weighted by atomic mass is 16.5. The predicted octanol–water partition coefficient (Wildman–Crippen LogP) is 0.902. The topological polar surface area (TPSA) is 84.9 Å². The van der Waals surface area contributed by atoms with Gasteiger partial charge in [0.25, 0.3) is 0 Å². The van der Waals surface area contributed by atoms with Crippen LogP contribution >= 0.6 is 0 Å². The van der Waals surface area contributed by atoms with Crippen LogP contribution in [0, 0.1) is 0 Å². The smallest absolute Gasteiger partial charge is 0.397 e. The van der Waals surface area contributed by atoms with E-state index in [2.05, 4.69) is 10.1 Å². The van der Waals surface area contributed by atoms with E-state index in [9.17, 15) is 14.7 Å². The number of benzene rings is 1. The van der Waals surface area contributed by atoms with Gasteiger partial charge in [-0.25, -0.2) is 4.79 Å². The first kappa shape index (κ1) is 12.8. The molecule has 92 valence electrons. The highest BCUT2D eigenvalue weighted by Crippen LogP contribution is 2.27. The van der Waals surface area contributed by atoms with Crippen molar-refractivity contribution in [2.24, 2.45) is 0 Å². The molecule has 0 aromatic heterocycles. The molecule has 1 aromatic carbocycles. The van der Waals surface area contributed by atoms with Gasteiger partial charge in [-0.3, -0.25) is 4.79 Å². The molecule has 0 saturated heterocycles. The average Bonchev–Trinajstić information content (AvgIpc) is 2.31. The summed E-state index contributed by atoms with van der Waals surface area (Å²) in [6.07, 6.45) is 0. The van der Waals surface area contributed by atoms with Crippen LogP contribution in [0.3, 0.4) is 0 Å². The van der Waals surface area contributed by atoms with E-state index in [4.69, 9.17) is 4.74 Å². The predicted molar refractivity (Wildman–Crippen MR) is 59.9 cm³/mol. The van der Waals surface area contributed by atoms with Gasteiger partial charge < -0.3 is 19.9 Å². The first-order valence-electron chi connectivity index (χ1n) is 4.93. The molecule has 0 heterocycles. The molecular formula is C11H13NO5. The molecule has 0 saturated carbocycles. The minimum Gasteiger partial charge on any atom is -0.506 e. The molecule has 0 atom stereocenters. The zero-order valence-electron chi connectivity index (χ0n) is 9.52. The van der Waals surface area contributed by atoms with E-state index in [-0.39, 0.29) is 18.0 Å². The number of hydrogen-bond donors (Lipinski definition) is 2. The lowest BCUT2D eigenvalue weighted by Gasteiger charge is -2.07. The van der Waals surface area contributed by atoms with Gasteiger partial charge in [-0.2, -0.15) is 0 Å². The van der Waals surface area contributed by atoms with Crippen LogP contribution < -0.4 is 10.1 Å². The van der Waals surface area contributed by atoms with Gasteiger partial charge in [0.2, 0.25) is 0 Å². The summed E-state index contributed by atoms with van der Waals surface area (Å²) in [7, 11) is 1.45. The third-order valence-corrected chi connectivity index (χ3v) is 1.91. The summed E-state index contributed by atoms with van der Waals surface area (Å²) in [5.41, 5.74) is 0.115. The van der Waals surface area contributed by atoms with Crippen molar-refractivity contribution in [3.63, 3.8) is 0 Å². The van der Waals surface area contributed by atoms with Gasteiger partial charge in [0, 0.05) is 6.07 Å². The number of rotatable bonds is 3. The normalized spacial score (nSPS) is 9.53. The fourth-order valence-corrected chi connectivity index (χ4v) is 1.11. The number of phenols is 1. The number of phenolic OH excluding ortho intramolecular Hbond substituents is 1. The maximum absolute atomic E-state index is 11.3. The van der Waals surface area contributed by atoms with E-state index in [0.717, 1.165) is 0 Å². The highest BCUT2D eigenvalue weighted by molar-refractivity contribution is 6.37. The Labute approximate surface area is 98.2 Å². The summed E-state index contributed by atoms with van der Waals surface area (Å²) in [5.74, 6) is -1.69. The van der Waals surface area contributed by atoms with Gasteiger partial charge in [0.05, 0.1) is 19.4 Å². The Morgan fingerprint density at radius 3 is 2.65 bits per heavy atom. The summed E-state index contributed by atoms with van der Waals surface area (Å²) in [6, 6.07) is 4.28. The SMILES string of the molecule is CCOC(=O)C(=O)Nc1ccc(OC)cc1O. The molecule has 0 unspecified atom stereocenters. The Balaban J connectivity index is 2.75. The Morgan fingerprint density at radius 1 is 1.41 bits per heavy atom. The number of ether oxygens (including phenoxy) is 2. The quantitative estimate of drug-likeness (QED) is 0.465. The summed E-state index contributed by atoms with van der Waals surface area (Å²) in [5, 5.41) is 11.8. The summed E-state index contributed by atoms with van der Waals surface area (Å²) >= 11 is 0. The zero-order chi connectivity index (χ0) is 12.8. The van der Waals surface area contributed by atoms with E-state index < -0.39 is 11.9 Å². The number of carbonyl (C=O) groups is 2. The van der Waals surface area contributed by atoms with Crippen molar-refractivity contribution in [1.82, 2.24) is 0 Å². The minimum absolute atomic E-state index is 0.112. The lowest BCUT2D eigenvalue weighted by atomic mass is 10.2. The van der Waals surface area contributed by atoms with Gasteiger partial charge in [-0.1, -0.05) is 0 Å². The Morgan fingerprint density at radius 2 is 2.12 bits per heavy atom. The number of hydrogen-bond acceptors (Lipinski definition) is 5. The van der Waals surface area contributed by atoms with E-state index >= 15 is 0 Å². The van der Waals surface area contributed by atoms with Gasteiger partial charge in [-0.05, 0) is 19.1 Å². The number of anilines is 1. The van der Waals surface area contributed by atoms with Crippen molar-refractivity contribution in [3.8, 4) is 11.5 Å². The molecule has 1 amide bonds. The van der Waals surface area contributed by atoms with Gasteiger partial charge in [-0.15, -0.1) is 0 Å². The molecule has 0 radical (unpaired) electrons. The van der Waals surface area contributed by atoms with Gasteiger partial charge in [0.15, 0.2) is 0 Å². The number of methoxy groups -OCH3 is 1. The van der Waals surface area contributed by atoms with Crippen molar-refractivity contribution in [3.05, 3.63) is 18.2 Å². The summed E-state index contributed by atoms with van der Waals surface area (Å²) < 4.78 is 9.38. The fourth-order valence-electron chi connectivity index (χ4n) is 1.11. The Hall–Kier alpha value is -2.24. The Bertz CT molecular complexity index is 430. The summed E-state index contributed by atoms with van der Waals surface area (Å²) in [4.78, 5) is 22.3. The van der Waals surface area contributed by atoms with Crippen LogP contribution in [0.15, 0.2) is 18.2 Å². The van der Waals surface area contributed by atoms with E-state index in [1.54, 1.807) is 13.0 Å². The van der Waals surface area contributed by atoms with E-state index in [0.29, 0.717) is 5.75 Å². The summed E-state index contributed by atoms with van der Waals surface area (Å²) in [6.45, 7) is 1.71. The molecule has 0 aliphatic heterocycles. The average molecular weight is 239 g/mol. The third-order valence-electron chi connectivity index (χ3n) is 1.91. The van der Waals surface area contributed by atoms with Crippen LogP contribution in [-0.4, -0.2) is 30.7 Å². The molecule has 17 heavy (non-hydrogen) atoms. The van der Waals surface area contributed by atoms with Crippen molar-refractivity contribution < 1.29 is 24.2 Å². The maximum Gasteiger partial charge on any atom is 0.397 e. The second-order valence-electron chi connectivity index (χ2n) is 3.06. The second-order valence-corrected chi connectivity index (χ2v) is 3.06. The third kappa shape index (κ3) is 3.37. The molecule has 1 rings (SSSR count). The van der Waals surface area contributed by atoms with Crippen LogP contribution in [-0.2, 0) is 14.3 Å². The van der Waals surface area contributed by atoms with Crippen LogP contribution in [0.2, 0.25) is 0 Å². The molecule has 0 aliphatic rings. The Kier molecular flexibility index (Phi) is 4.33. The lowest BCUT2D eigenvalue weighted by molar-refractivity contribution is -0.152. The molecule has 0 bridgehead atoms. The first-order chi connectivity index (χ1) is 8.08. The van der Waals surface area contributed by atoms with Crippen LogP contribution in [0.1, 0.15) is 6.92 Å². The van der Waals surface area contributed by atoms with Crippen molar-refractivity contribution in [1.29, 1.82) is 0 Å². The van der Waals surface area contributed by atoms with Crippen LogP contribution in [0.4, 0.5) is 5.69 Å². The maximum atomic E-state index is 11.3. The lowest BCUT2D eigenvalue weighted by Crippen LogP contribution is -2.24. The van der Waals surface area contributed by atoms with Crippen molar-refractivity contribution in [2.75, 3.05) is 19.0 Å². The molecule has 0 fully saturated rings. The standard InChI is InChI=1S/C11H13NO5/c1-3-17-11(15)10(14)12-8-5-4-7(16-2)6-9(8)13/h4-6,13H,3H2,1-2H3,(H,12,14). The number of amides is 1. The van der Waals surface area contributed by atoms with E-state index in [1.165, 1.54) is 19.2 Å². The number of esters is 1. The molecule has 0 aliphatic carbocycles. The molecule has 1 aromatic rings. The van der Waals surface area contributed by atoms with Crippen LogP contribution in [0.5, 0.6) is 11.5 Å². The highest BCUT2D eigenvalue weighted by Gasteiger charge is 2.16. The van der Waals surface area contributed by atoms with Gasteiger partial charge in [0.1, 0.15) is 11.5 Å². The fraction of sp³-hybridized carbons (Fsp3) is 0.273. The van der Waals surface area contributed by atoms with Crippen molar-refractivity contribution in [2.45, 2.75) is 6.92 Å². The van der Waals surface area contributed by atoms with Gasteiger partial charge >= 0.3 is 11.9 Å². The second kappa shape index (κ2) is 5.74. The molecule has 6 nitrogen and oxygen atoms in total. The largest absolute Gasteiger partial charge is 0.506 e. The number of carbonyl (C=O) groups excluding carboxylic acids is 2. The molecule has 2 N–H and O–H groups in total.